The lowest BCUT2D eigenvalue weighted by molar-refractivity contribution is -0.144. The molecule has 2 aromatic rings. The maximum absolute atomic E-state index is 13.1. The first-order valence-corrected chi connectivity index (χ1v) is 15.0. The first-order chi connectivity index (χ1) is 17.1. The Labute approximate surface area is 222 Å². The van der Waals surface area contributed by atoms with Gasteiger partial charge in [0.15, 0.2) is 5.13 Å². The van der Waals surface area contributed by atoms with E-state index in [0.717, 1.165) is 11.1 Å². The molecule has 0 bridgehead atoms. The molecule has 3 amide bonds. The molecule has 0 unspecified atom stereocenters. The fourth-order valence-corrected chi connectivity index (χ4v) is 6.97. The van der Waals surface area contributed by atoms with Gasteiger partial charge in [0.2, 0.25) is 27.7 Å². The van der Waals surface area contributed by atoms with Crippen molar-refractivity contribution in [2.45, 2.75) is 44.7 Å². The Hall–Kier alpha value is -2.32. The predicted molar refractivity (Wildman–Crippen MR) is 140 cm³/mol. The fraction of sp³-hybridized carbons (Fsp3) is 0.455. The van der Waals surface area contributed by atoms with Crippen molar-refractivity contribution in [3.8, 4) is 0 Å². The summed E-state index contributed by atoms with van der Waals surface area (Å²) in [6.45, 7) is 2.39. The standard InChI is InChI=1S/C22H26ClN5O5S3/c1-14-13-34-22(24-14)25-20(30)17-5-3-10-28(17)19(29)12-27-9-2-4-16(21(27)31)26-36(32,33)11-8-15-6-7-18(23)35-15/h6-8,11,13,16-17,26H,2-5,9-10,12H2,1H3,(H,24,25,30)/b11-8+/t16-,17-/m0/s1. The van der Waals surface area contributed by atoms with Crippen molar-refractivity contribution < 1.29 is 22.8 Å². The molecule has 10 nitrogen and oxygen atoms in total. The number of amides is 3. The normalized spacial score (nSPS) is 20.9. The lowest BCUT2D eigenvalue weighted by Crippen LogP contribution is -2.55. The van der Waals surface area contributed by atoms with Crippen molar-refractivity contribution in [1.82, 2.24) is 19.5 Å². The third-order valence-corrected chi connectivity index (χ3v) is 9.07. The number of rotatable bonds is 8. The number of nitrogens with one attached hydrogen (secondary N) is 2. The first-order valence-electron chi connectivity index (χ1n) is 11.4. The Morgan fingerprint density at radius 2 is 2.03 bits per heavy atom. The van der Waals surface area contributed by atoms with Crippen LogP contribution in [0, 0.1) is 6.92 Å². The van der Waals surface area contributed by atoms with E-state index in [1.807, 2.05) is 12.3 Å². The van der Waals surface area contributed by atoms with Gasteiger partial charge in [-0.2, -0.15) is 4.72 Å². The van der Waals surface area contributed by atoms with E-state index in [2.05, 4.69) is 15.0 Å². The van der Waals surface area contributed by atoms with Crippen LogP contribution in [0.4, 0.5) is 5.13 Å². The van der Waals surface area contributed by atoms with Crippen LogP contribution in [0.1, 0.15) is 36.3 Å². The highest BCUT2D eigenvalue weighted by Gasteiger charge is 2.37. The van der Waals surface area contributed by atoms with E-state index < -0.39 is 28.0 Å². The summed E-state index contributed by atoms with van der Waals surface area (Å²) in [6.07, 6.45) is 3.51. The van der Waals surface area contributed by atoms with Crippen LogP contribution in [0.5, 0.6) is 0 Å². The molecule has 0 saturated carbocycles. The Morgan fingerprint density at radius 3 is 2.72 bits per heavy atom. The van der Waals surface area contributed by atoms with E-state index in [-0.39, 0.29) is 18.4 Å². The van der Waals surface area contributed by atoms with Gasteiger partial charge >= 0.3 is 0 Å². The molecule has 0 aliphatic carbocycles. The Morgan fingerprint density at radius 1 is 1.25 bits per heavy atom. The lowest BCUT2D eigenvalue weighted by Gasteiger charge is -2.33. The third kappa shape index (κ3) is 6.71. The Bertz CT molecular complexity index is 1270. The highest BCUT2D eigenvalue weighted by atomic mass is 35.5. The van der Waals surface area contributed by atoms with E-state index >= 15 is 0 Å². The summed E-state index contributed by atoms with van der Waals surface area (Å²) in [6, 6.07) is 1.77. The topological polar surface area (TPSA) is 129 Å². The molecule has 0 aromatic carbocycles. The number of hydrogen-bond acceptors (Lipinski definition) is 8. The smallest absolute Gasteiger partial charge is 0.248 e. The van der Waals surface area contributed by atoms with Crippen molar-refractivity contribution in [3.05, 3.63) is 37.8 Å². The van der Waals surface area contributed by atoms with E-state index in [1.165, 1.54) is 38.5 Å². The SMILES string of the molecule is Cc1csc(NC(=O)[C@@H]2CCCN2C(=O)CN2CCC[C@H](NS(=O)(=O)/C=C/c3ccc(Cl)s3)C2=O)n1. The second-order valence-electron chi connectivity index (χ2n) is 8.59. The summed E-state index contributed by atoms with van der Waals surface area (Å²) in [5.41, 5.74) is 0.801. The van der Waals surface area contributed by atoms with Crippen molar-refractivity contribution in [1.29, 1.82) is 0 Å². The number of anilines is 1. The molecule has 2 aromatic heterocycles. The minimum Gasteiger partial charge on any atom is -0.332 e. The van der Waals surface area contributed by atoms with Crippen molar-refractivity contribution in [3.63, 3.8) is 0 Å². The molecule has 2 aliphatic rings. The zero-order valence-corrected chi connectivity index (χ0v) is 22.7. The summed E-state index contributed by atoms with van der Waals surface area (Å²) in [7, 11) is -3.89. The minimum atomic E-state index is -3.89. The molecule has 2 N–H and O–H groups in total. The zero-order valence-electron chi connectivity index (χ0n) is 19.5. The molecule has 2 atom stereocenters. The molecule has 14 heteroatoms. The van der Waals surface area contributed by atoms with Crippen LogP contribution in [-0.2, 0) is 24.4 Å². The average Bonchev–Trinajstić information content (AvgIpc) is 3.56. The number of halogens is 1. The fourth-order valence-electron chi connectivity index (χ4n) is 4.21. The van der Waals surface area contributed by atoms with Crippen LogP contribution in [0.2, 0.25) is 4.34 Å². The molecule has 194 valence electrons. The summed E-state index contributed by atoms with van der Waals surface area (Å²) >= 11 is 8.42. The highest BCUT2D eigenvalue weighted by Crippen LogP contribution is 2.24. The molecule has 0 radical (unpaired) electrons. The minimum absolute atomic E-state index is 0.208. The number of thiazole rings is 1. The number of carbonyl (C=O) groups is 3. The quantitative estimate of drug-likeness (QED) is 0.501. The van der Waals surface area contributed by atoms with Gasteiger partial charge in [-0.05, 0) is 50.8 Å². The van der Waals surface area contributed by atoms with Gasteiger partial charge in [-0.25, -0.2) is 13.4 Å². The van der Waals surface area contributed by atoms with Crippen LogP contribution in [-0.4, -0.2) is 72.6 Å². The summed E-state index contributed by atoms with van der Waals surface area (Å²) in [5.74, 6) is -1.09. The van der Waals surface area contributed by atoms with Gasteiger partial charge < -0.3 is 15.1 Å². The van der Waals surface area contributed by atoms with Crippen molar-refractivity contribution in [2.24, 2.45) is 0 Å². The number of carbonyl (C=O) groups excluding carboxylic acids is 3. The number of aromatic nitrogens is 1. The number of likely N-dealkylation sites (tertiary alicyclic amines) is 2. The van der Waals surface area contributed by atoms with Crippen LogP contribution >= 0.6 is 34.3 Å². The molecule has 2 fully saturated rings. The van der Waals surface area contributed by atoms with Crippen LogP contribution in [0.15, 0.2) is 22.9 Å². The number of piperidine rings is 1. The molecular weight excluding hydrogens is 546 g/mol. The Balaban J connectivity index is 1.35. The predicted octanol–water partition coefficient (Wildman–Crippen LogP) is 2.68. The third-order valence-electron chi connectivity index (χ3n) is 5.89. The lowest BCUT2D eigenvalue weighted by atomic mass is 10.1. The van der Waals surface area contributed by atoms with E-state index in [0.29, 0.717) is 53.1 Å². The van der Waals surface area contributed by atoms with E-state index in [1.54, 1.807) is 12.1 Å². The monoisotopic (exact) mass is 571 g/mol. The van der Waals surface area contributed by atoms with Crippen molar-refractivity contribution in [2.75, 3.05) is 25.0 Å². The van der Waals surface area contributed by atoms with E-state index in [9.17, 15) is 22.8 Å². The second kappa shape index (κ2) is 11.4. The average molecular weight is 572 g/mol. The van der Waals surface area contributed by atoms with Crippen LogP contribution in [0.25, 0.3) is 6.08 Å². The maximum atomic E-state index is 13.1. The van der Waals surface area contributed by atoms with Gasteiger partial charge in [-0.3, -0.25) is 14.4 Å². The molecular formula is C22H26ClN5O5S3. The summed E-state index contributed by atoms with van der Waals surface area (Å²) in [4.78, 5) is 46.6. The maximum Gasteiger partial charge on any atom is 0.248 e. The largest absolute Gasteiger partial charge is 0.332 e. The highest BCUT2D eigenvalue weighted by molar-refractivity contribution is 7.92. The second-order valence-corrected chi connectivity index (χ2v) is 12.8. The summed E-state index contributed by atoms with van der Waals surface area (Å²) < 4.78 is 28.0. The van der Waals surface area contributed by atoms with Crippen molar-refractivity contribution >= 4 is 73.2 Å². The Kier molecular flexibility index (Phi) is 8.45. The zero-order chi connectivity index (χ0) is 25.9. The molecule has 36 heavy (non-hydrogen) atoms. The number of hydrogen-bond donors (Lipinski definition) is 2. The summed E-state index contributed by atoms with van der Waals surface area (Å²) in [5, 5.41) is 6.08. The van der Waals surface area contributed by atoms with Gasteiger partial charge in [-0.1, -0.05) is 11.6 Å². The van der Waals surface area contributed by atoms with E-state index in [4.69, 9.17) is 11.6 Å². The van der Waals surface area contributed by atoms with Gasteiger partial charge in [0.1, 0.15) is 12.1 Å². The molecule has 4 heterocycles. The van der Waals surface area contributed by atoms with Crippen LogP contribution in [0.3, 0.4) is 0 Å². The molecule has 4 rings (SSSR count). The molecule has 2 aliphatic heterocycles. The number of aryl methyl sites for hydroxylation is 1. The molecule has 0 spiro atoms. The van der Waals surface area contributed by atoms with Gasteiger partial charge in [0, 0.05) is 28.8 Å². The molecule has 2 saturated heterocycles. The van der Waals surface area contributed by atoms with Crippen LogP contribution < -0.4 is 10.0 Å². The van der Waals surface area contributed by atoms with Gasteiger partial charge in [0.25, 0.3) is 0 Å². The van der Waals surface area contributed by atoms with Gasteiger partial charge in [0.05, 0.1) is 16.6 Å². The number of nitrogens with zero attached hydrogens (tertiary/aromatic N) is 3. The first kappa shape index (κ1) is 26.7. The number of thiophene rings is 1. The number of sulfonamides is 1. The van der Waals surface area contributed by atoms with Gasteiger partial charge in [-0.15, -0.1) is 22.7 Å².